The number of nitrogens with zero attached hydrogens (tertiary/aromatic N) is 2. The summed E-state index contributed by atoms with van der Waals surface area (Å²) >= 11 is 0. The van der Waals surface area contributed by atoms with E-state index in [0.717, 1.165) is 5.70 Å². The minimum absolute atomic E-state index is 0.824. The summed E-state index contributed by atoms with van der Waals surface area (Å²) in [6.07, 6.45) is 4.82. The van der Waals surface area contributed by atoms with Crippen LogP contribution in [0.15, 0.2) is 47.4 Å². The molecule has 0 aliphatic carbocycles. The lowest BCUT2D eigenvalue weighted by Crippen LogP contribution is -1.61. The summed E-state index contributed by atoms with van der Waals surface area (Å²) in [4.78, 5) is 0. The van der Waals surface area contributed by atoms with Gasteiger partial charge in [-0.1, -0.05) is 19.2 Å². The first-order valence-electron chi connectivity index (χ1n) is 2.62. The Labute approximate surface area is 55.3 Å². The summed E-state index contributed by atoms with van der Waals surface area (Å²) in [7, 11) is 0. The third kappa shape index (κ3) is 4.68. The van der Waals surface area contributed by atoms with Crippen molar-refractivity contribution in [3.8, 4) is 0 Å². The summed E-state index contributed by atoms with van der Waals surface area (Å²) in [6.45, 7) is 8.73. The van der Waals surface area contributed by atoms with Crippen LogP contribution in [0.3, 0.4) is 0 Å². The maximum Gasteiger partial charge on any atom is 0.0599 e. The van der Waals surface area contributed by atoms with Gasteiger partial charge in [0, 0.05) is 6.20 Å². The Morgan fingerprint density at radius 2 is 2.11 bits per heavy atom. The van der Waals surface area contributed by atoms with Crippen LogP contribution in [-0.4, -0.2) is 0 Å². The average molecular weight is 122 g/mol. The first kappa shape index (κ1) is 7.82. The highest BCUT2D eigenvalue weighted by atomic mass is 15.1. The summed E-state index contributed by atoms with van der Waals surface area (Å²) < 4.78 is 0. The van der Waals surface area contributed by atoms with Crippen LogP contribution in [-0.2, 0) is 0 Å². The molecule has 2 nitrogen and oxygen atoms in total. The first-order valence-corrected chi connectivity index (χ1v) is 2.62. The maximum absolute atomic E-state index is 3.73. The molecule has 0 saturated carbocycles. The monoisotopic (exact) mass is 122 g/mol. The second-order valence-corrected chi connectivity index (χ2v) is 1.44. The van der Waals surface area contributed by atoms with Gasteiger partial charge >= 0.3 is 0 Å². The summed E-state index contributed by atoms with van der Waals surface area (Å²) in [6, 6.07) is 0. The number of hydrogen-bond acceptors (Lipinski definition) is 2. The van der Waals surface area contributed by atoms with Crippen molar-refractivity contribution in [1.29, 1.82) is 0 Å². The van der Waals surface area contributed by atoms with Crippen molar-refractivity contribution in [1.82, 2.24) is 0 Å². The van der Waals surface area contributed by atoms with E-state index in [9.17, 15) is 0 Å². The molecule has 0 N–H and O–H groups in total. The Morgan fingerprint density at radius 3 is 2.56 bits per heavy atom. The molecule has 0 aromatic rings. The Bertz CT molecular complexity index is 154. The Morgan fingerprint density at radius 1 is 1.44 bits per heavy atom. The lowest BCUT2D eigenvalue weighted by Gasteiger charge is -1.81. The van der Waals surface area contributed by atoms with Crippen molar-refractivity contribution < 1.29 is 0 Å². The molecular formula is C7H10N2. The van der Waals surface area contributed by atoms with Gasteiger partial charge in [-0.25, -0.2) is 0 Å². The molecule has 0 unspecified atom stereocenters. The molecule has 0 aliphatic heterocycles. The predicted molar refractivity (Wildman–Crippen MR) is 39.0 cm³/mol. The lowest BCUT2D eigenvalue weighted by molar-refractivity contribution is 1.13. The van der Waals surface area contributed by atoms with E-state index in [-0.39, 0.29) is 0 Å². The molecule has 0 aromatic carbocycles. The smallest absolute Gasteiger partial charge is 0.0599 e. The quantitative estimate of drug-likeness (QED) is 0.406. The Balaban J connectivity index is 3.88. The van der Waals surface area contributed by atoms with Crippen LogP contribution in [0, 0.1) is 0 Å². The van der Waals surface area contributed by atoms with E-state index >= 15 is 0 Å². The molecule has 0 saturated heterocycles. The zero-order chi connectivity index (χ0) is 7.11. The molecule has 0 aliphatic rings. The van der Waals surface area contributed by atoms with Gasteiger partial charge in [0.1, 0.15) is 0 Å². The van der Waals surface area contributed by atoms with E-state index in [1.807, 2.05) is 6.92 Å². The number of azo groups is 1. The van der Waals surface area contributed by atoms with Crippen LogP contribution in [0.1, 0.15) is 6.92 Å². The zero-order valence-corrected chi connectivity index (χ0v) is 5.54. The van der Waals surface area contributed by atoms with Crippen LogP contribution >= 0.6 is 0 Å². The maximum atomic E-state index is 3.73. The molecule has 48 valence electrons. The normalized spacial score (nSPS) is 11.9. The highest BCUT2D eigenvalue weighted by molar-refractivity contribution is 5.05. The van der Waals surface area contributed by atoms with E-state index in [4.69, 9.17) is 0 Å². The second-order valence-electron chi connectivity index (χ2n) is 1.44. The predicted octanol–water partition coefficient (Wildman–Crippen LogP) is 2.67. The summed E-state index contributed by atoms with van der Waals surface area (Å²) in [5.74, 6) is 0. The average Bonchev–Trinajstić information content (AvgIpc) is 1.85. The number of hydrogen-bond donors (Lipinski definition) is 0. The third-order valence-electron chi connectivity index (χ3n) is 0.656. The fourth-order valence-electron chi connectivity index (χ4n) is 0.336. The molecule has 0 amide bonds. The molecule has 9 heavy (non-hydrogen) atoms. The van der Waals surface area contributed by atoms with Crippen molar-refractivity contribution in [2.45, 2.75) is 6.92 Å². The molecule has 0 atom stereocenters. The summed E-state index contributed by atoms with van der Waals surface area (Å²) in [5.41, 5.74) is 0.824. The van der Waals surface area contributed by atoms with Crippen molar-refractivity contribution in [2.24, 2.45) is 10.2 Å². The van der Waals surface area contributed by atoms with Crippen LogP contribution in [0.4, 0.5) is 0 Å². The van der Waals surface area contributed by atoms with Crippen LogP contribution < -0.4 is 0 Å². The minimum atomic E-state index is 0.824. The van der Waals surface area contributed by atoms with E-state index in [2.05, 4.69) is 23.4 Å². The van der Waals surface area contributed by atoms with Gasteiger partial charge in [0.15, 0.2) is 0 Å². The molecular weight excluding hydrogens is 112 g/mol. The largest absolute Gasteiger partial charge is 0.160 e. The molecule has 0 spiro atoms. The van der Waals surface area contributed by atoms with Crippen molar-refractivity contribution in [2.75, 3.05) is 0 Å². The Kier molecular flexibility index (Phi) is 4.32. The van der Waals surface area contributed by atoms with Crippen LogP contribution in [0.25, 0.3) is 0 Å². The molecule has 0 fully saturated rings. The van der Waals surface area contributed by atoms with E-state index in [0.29, 0.717) is 0 Å². The van der Waals surface area contributed by atoms with Gasteiger partial charge in [-0.05, 0) is 13.0 Å². The minimum Gasteiger partial charge on any atom is -0.160 e. The molecule has 0 aromatic heterocycles. The first-order chi connectivity index (χ1) is 4.31. The van der Waals surface area contributed by atoms with Gasteiger partial charge in [0.2, 0.25) is 0 Å². The van der Waals surface area contributed by atoms with Gasteiger partial charge in [-0.3, -0.25) is 0 Å². The second kappa shape index (κ2) is 4.97. The van der Waals surface area contributed by atoms with Gasteiger partial charge in [-0.2, -0.15) is 10.2 Å². The van der Waals surface area contributed by atoms with Crippen LogP contribution in [0.5, 0.6) is 0 Å². The Hall–Kier alpha value is -1.18. The highest BCUT2D eigenvalue weighted by Crippen LogP contribution is 1.94. The summed E-state index contributed by atoms with van der Waals surface area (Å²) in [5, 5.41) is 7.29. The van der Waals surface area contributed by atoms with Gasteiger partial charge in [0.05, 0.1) is 5.70 Å². The fourth-order valence-corrected chi connectivity index (χ4v) is 0.336. The fraction of sp³-hybridized carbons (Fsp3) is 0.143. The third-order valence-corrected chi connectivity index (χ3v) is 0.656. The number of allylic oxidation sites excluding steroid dienone is 3. The molecule has 0 radical (unpaired) electrons. The molecule has 2 heteroatoms. The van der Waals surface area contributed by atoms with Gasteiger partial charge < -0.3 is 0 Å². The SMILES string of the molecule is C=C/C=C(C)\N=N/C=C. The molecule has 0 heterocycles. The highest BCUT2D eigenvalue weighted by Gasteiger charge is 1.75. The van der Waals surface area contributed by atoms with E-state index in [1.165, 1.54) is 6.20 Å². The van der Waals surface area contributed by atoms with Crippen LogP contribution in [0.2, 0.25) is 0 Å². The number of rotatable bonds is 3. The van der Waals surface area contributed by atoms with E-state index < -0.39 is 0 Å². The van der Waals surface area contributed by atoms with Crippen molar-refractivity contribution in [3.63, 3.8) is 0 Å². The molecule has 0 bridgehead atoms. The van der Waals surface area contributed by atoms with Crippen molar-refractivity contribution in [3.05, 3.63) is 37.2 Å². The standard InChI is InChI=1S/C7H10N2/c1-4-6-7(3)9-8-5-2/h4-6H,1-2H2,3H3/b7-6-,9-8-. The lowest BCUT2D eigenvalue weighted by atomic mass is 10.4. The molecule has 0 rings (SSSR count). The van der Waals surface area contributed by atoms with E-state index in [1.54, 1.807) is 12.2 Å². The van der Waals surface area contributed by atoms with Gasteiger partial charge in [-0.15, -0.1) is 0 Å². The zero-order valence-electron chi connectivity index (χ0n) is 5.54. The van der Waals surface area contributed by atoms with Gasteiger partial charge in [0.25, 0.3) is 0 Å². The van der Waals surface area contributed by atoms with Crippen molar-refractivity contribution >= 4 is 0 Å². The topological polar surface area (TPSA) is 24.7 Å².